The lowest BCUT2D eigenvalue weighted by molar-refractivity contribution is -0.136. The highest BCUT2D eigenvalue weighted by molar-refractivity contribution is 5.83. The number of nitrogens with zero attached hydrogens (tertiary/aromatic N) is 1. The molecule has 4 heteroatoms. The van der Waals surface area contributed by atoms with Crippen molar-refractivity contribution in [1.82, 2.24) is 10.3 Å². The van der Waals surface area contributed by atoms with E-state index in [-0.39, 0.29) is 5.91 Å². The van der Waals surface area contributed by atoms with Gasteiger partial charge in [-0.2, -0.15) is 0 Å². The highest BCUT2D eigenvalue weighted by atomic mass is 16.5. The van der Waals surface area contributed by atoms with Gasteiger partial charge in [0.1, 0.15) is 0 Å². The van der Waals surface area contributed by atoms with Crippen molar-refractivity contribution in [2.75, 3.05) is 19.8 Å². The van der Waals surface area contributed by atoms with Crippen molar-refractivity contribution in [3.05, 3.63) is 90.3 Å². The van der Waals surface area contributed by atoms with E-state index < -0.39 is 5.41 Å². The number of rotatable bonds is 7. The van der Waals surface area contributed by atoms with Crippen molar-refractivity contribution in [3.63, 3.8) is 0 Å². The van der Waals surface area contributed by atoms with Crippen LogP contribution in [0.25, 0.3) is 11.1 Å². The third-order valence-corrected chi connectivity index (χ3v) is 5.96. The van der Waals surface area contributed by atoms with Crippen molar-refractivity contribution in [2.45, 2.75) is 25.7 Å². The molecule has 0 atom stereocenters. The maximum Gasteiger partial charge on any atom is 0.226 e. The summed E-state index contributed by atoms with van der Waals surface area (Å²) in [4.78, 5) is 17.4. The summed E-state index contributed by atoms with van der Waals surface area (Å²) in [5.74, 6) is 0.149. The van der Waals surface area contributed by atoms with E-state index in [9.17, 15) is 4.79 Å². The summed E-state index contributed by atoms with van der Waals surface area (Å²) in [5, 5.41) is 3.21. The van der Waals surface area contributed by atoms with Crippen LogP contribution < -0.4 is 5.32 Å². The molecule has 0 bridgehead atoms. The van der Waals surface area contributed by atoms with Crippen molar-refractivity contribution >= 4 is 5.91 Å². The minimum Gasteiger partial charge on any atom is -0.381 e. The van der Waals surface area contributed by atoms with Crippen LogP contribution in [0.1, 0.15) is 24.0 Å². The normalized spacial score (nSPS) is 15.5. The molecule has 0 saturated carbocycles. The average molecular weight is 401 g/mol. The Bertz CT molecular complexity index is 951. The molecule has 4 nitrogen and oxygen atoms in total. The SMILES string of the molecule is O=C(NCCc1ccccc1)C1(Cc2cccc(-c3ccncc3)c2)CCOCC1. The molecule has 1 saturated heterocycles. The predicted octanol–water partition coefficient (Wildman–Crippen LogP) is 4.45. The van der Waals surface area contributed by atoms with Gasteiger partial charge in [-0.3, -0.25) is 9.78 Å². The highest BCUT2D eigenvalue weighted by Crippen LogP contribution is 2.35. The van der Waals surface area contributed by atoms with Crippen LogP contribution in [0.2, 0.25) is 0 Å². The van der Waals surface area contributed by atoms with Crippen molar-refractivity contribution in [2.24, 2.45) is 5.41 Å². The lowest BCUT2D eigenvalue weighted by Crippen LogP contribution is -2.46. The molecule has 1 fully saturated rings. The Morgan fingerprint density at radius 1 is 0.900 bits per heavy atom. The molecule has 0 aliphatic carbocycles. The minimum absolute atomic E-state index is 0.149. The number of carbonyl (C=O) groups excluding carboxylic acids is 1. The number of carbonyl (C=O) groups is 1. The Labute approximate surface area is 178 Å². The second kappa shape index (κ2) is 9.68. The van der Waals surface area contributed by atoms with Gasteiger partial charge in [0.25, 0.3) is 0 Å². The zero-order chi connectivity index (χ0) is 20.7. The Morgan fingerprint density at radius 2 is 1.63 bits per heavy atom. The van der Waals surface area contributed by atoms with Crippen LogP contribution in [0, 0.1) is 5.41 Å². The number of aromatic nitrogens is 1. The predicted molar refractivity (Wildman–Crippen MR) is 119 cm³/mol. The second-order valence-electron chi connectivity index (χ2n) is 8.00. The first-order chi connectivity index (χ1) is 14.8. The molecule has 0 radical (unpaired) electrons. The molecule has 2 heterocycles. The van der Waals surface area contributed by atoms with Crippen LogP contribution in [0.3, 0.4) is 0 Å². The van der Waals surface area contributed by atoms with Crippen LogP contribution in [0.5, 0.6) is 0 Å². The first kappa shape index (κ1) is 20.3. The van der Waals surface area contributed by atoms with Gasteiger partial charge in [-0.25, -0.2) is 0 Å². The summed E-state index contributed by atoms with van der Waals surface area (Å²) in [6.45, 7) is 1.93. The topological polar surface area (TPSA) is 51.2 Å². The summed E-state index contributed by atoms with van der Waals surface area (Å²) in [6, 6.07) is 22.8. The molecule has 2 aromatic carbocycles. The van der Waals surface area contributed by atoms with E-state index >= 15 is 0 Å². The molecule has 1 N–H and O–H groups in total. The monoisotopic (exact) mass is 400 g/mol. The summed E-state index contributed by atoms with van der Waals surface area (Å²) in [7, 11) is 0. The van der Waals surface area contributed by atoms with Gasteiger partial charge in [-0.1, -0.05) is 54.6 Å². The van der Waals surface area contributed by atoms with Crippen LogP contribution in [0.4, 0.5) is 0 Å². The van der Waals surface area contributed by atoms with Crippen molar-refractivity contribution in [3.8, 4) is 11.1 Å². The Kier molecular flexibility index (Phi) is 6.55. The molecule has 1 aliphatic heterocycles. The summed E-state index contributed by atoms with van der Waals surface area (Å²) in [6.07, 6.45) is 6.70. The van der Waals surface area contributed by atoms with Crippen LogP contribution in [0.15, 0.2) is 79.1 Å². The van der Waals surface area contributed by atoms with Gasteiger partial charge in [-0.15, -0.1) is 0 Å². The maximum atomic E-state index is 13.3. The van der Waals surface area contributed by atoms with Crippen LogP contribution >= 0.6 is 0 Å². The van der Waals surface area contributed by atoms with Gasteiger partial charge in [0.15, 0.2) is 0 Å². The highest BCUT2D eigenvalue weighted by Gasteiger charge is 2.39. The van der Waals surface area contributed by atoms with E-state index in [1.54, 1.807) is 0 Å². The number of amides is 1. The average Bonchev–Trinajstić information content (AvgIpc) is 2.81. The fourth-order valence-corrected chi connectivity index (χ4v) is 4.19. The van der Waals surface area contributed by atoms with Gasteiger partial charge < -0.3 is 10.1 Å². The molecule has 1 aliphatic rings. The largest absolute Gasteiger partial charge is 0.381 e. The zero-order valence-electron chi connectivity index (χ0n) is 17.2. The molecular weight excluding hydrogens is 372 g/mol. The molecule has 154 valence electrons. The Balaban J connectivity index is 1.47. The molecule has 3 aromatic rings. The molecule has 1 amide bonds. The second-order valence-corrected chi connectivity index (χ2v) is 8.00. The van der Waals surface area contributed by atoms with Gasteiger partial charge in [0, 0.05) is 32.2 Å². The fraction of sp³-hybridized carbons (Fsp3) is 0.308. The number of pyridine rings is 1. The molecule has 4 rings (SSSR count). The smallest absolute Gasteiger partial charge is 0.226 e. The number of ether oxygens (including phenoxy) is 1. The first-order valence-electron chi connectivity index (χ1n) is 10.6. The minimum atomic E-state index is -0.411. The molecule has 30 heavy (non-hydrogen) atoms. The first-order valence-corrected chi connectivity index (χ1v) is 10.6. The van der Waals surface area contributed by atoms with Crippen LogP contribution in [-0.4, -0.2) is 30.6 Å². The summed E-state index contributed by atoms with van der Waals surface area (Å²) >= 11 is 0. The van der Waals surface area contributed by atoms with Gasteiger partial charge in [0.05, 0.1) is 5.41 Å². The number of hydrogen-bond acceptors (Lipinski definition) is 3. The number of benzene rings is 2. The quantitative estimate of drug-likeness (QED) is 0.638. The molecule has 1 aromatic heterocycles. The van der Waals surface area contributed by atoms with E-state index in [1.165, 1.54) is 11.1 Å². The third kappa shape index (κ3) is 4.95. The van der Waals surface area contributed by atoms with Crippen LogP contribution in [-0.2, 0) is 22.4 Å². The molecule has 0 spiro atoms. The van der Waals surface area contributed by atoms with Crippen molar-refractivity contribution in [1.29, 1.82) is 0 Å². The maximum absolute atomic E-state index is 13.3. The Morgan fingerprint density at radius 3 is 2.40 bits per heavy atom. The van der Waals surface area contributed by atoms with Gasteiger partial charge >= 0.3 is 0 Å². The van der Waals surface area contributed by atoms with Crippen molar-refractivity contribution < 1.29 is 9.53 Å². The fourth-order valence-electron chi connectivity index (χ4n) is 4.19. The standard InChI is InChI=1S/C26H28N2O2/c29-25(28-16-9-21-5-2-1-3-6-21)26(12-17-30-18-13-26)20-22-7-4-8-24(19-22)23-10-14-27-15-11-23/h1-8,10-11,14-15,19H,9,12-13,16-18,20H2,(H,28,29). The summed E-state index contributed by atoms with van der Waals surface area (Å²) in [5.41, 5.74) is 4.31. The van der Waals surface area contributed by atoms with E-state index in [0.29, 0.717) is 19.8 Å². The van der Waals surface area contributed by atoms with E-state index in [2.05, 4.69) is 46.7 Å². The van der Waals surface area contributed by atoms with E-state index in [0.717, 1.165) is 36.8 Å². The van der Waals surface area contributed by atoms with E-state index in [1.807, 2.05) is 42.7 Å². The Hall–Kier alpha value is -2.98. The lowest BCUT2D eigenvalue weighted by atomic mass is 9.74. The number of hydrogen-bond donors (Lipinski definition) is 1. The number of nitrogens with one attached hydrogen (secondary N) is 1. The van der Waals surface area contributed by atoms with Gasteiger partial charge in [0.2, 0.25) is 5.91 Å². The zero-order valence-corrected chi connectivity index (χ0v) is 17.2. The lowest BCUT2D eigenvalue weighted by Gasteiger charge is -2.36. The molecular formula is C26H28N2O2. The third-order valence-electron chi connectivity index (χ3n) is 5.96. The molecule has 0 unspecified atom stereocenters. The summed E-state index contributed by atoms with van der Waals surface area (Å²) < 4.78 is 5.59. The van der Waals surface area contributed by atoms with E-state index in [4.69, 9.17) is 4.74 Å². The van der Waals surface area contributed by atoms with Gasteiger partial charge in [-0.05, 0) is 60.1 Å².